The Morgan fingerprint density at radius 1 is 1.08 bits per heavy atom. The Hall–Kier alpha value is -2.43. The van der Waals surface area contributed by atoms with E-state index in [0.29, 0.717) is 0 Å². The van der Waals surface area contributed by atoms with Gasteiger partial charge in [-0.3, -0.25) is 19.3 Å². The maximum atomic E-state index is 12.3. The zero-order valence-corrected chi connectivity index (χ0v) is 13.5. The Morgan fingerprint density at radius 2 is 1.71 bits per heavy atom. The van der Waals surface area contributed by atoms with E-state index in [-0.39, 0.29) is 36.8 Å². The molecule has 1 aliphatic heterocycles. The number of carbonyl (C=O) groups is 3. The molecule has 3 rings (SSSR count). The van der Waals surface area contributed by atoms with Gasteiger partial charge in [0.25, 0.3) is 0 Å². The molecule has 24 heavy (non-hydrogen) atoms. The van der Waals surface area contributed by atoms with Crippen LogP contribution in [0.1, 0.15) is 31.2 Å². The fraction of sp³-hybridized carbons (Fsp3) is 0.421. The van der Waals surface area contributed by atoms with Crippen molar-refractivity contribution in [2.45, 2.75) is 25.7 Å². The van der Waals surface area contributed by atoms with Crippen LogP contribution in [-0.4, -0.2) is 35.8 Å². The summed E-state index contributed by atoms with van der Waals surface area (Å²) in [6.07, 6.45) is 7.04. The smallest absolute Gasteiger partial charge is 0.326 e. The fourth-order valence-corrected chi connectivity index (χ4v) is 3.45. The van der Waals surface area contributed by atoms with E-state index >= 15 is 0 Å². The van der Waals surface area contributed by atoms with Gasteiger partial charge in [0, 0.05) is 0 Å². The van der Waals surface area contributed by atoms with Crippen LogP contribution in [0.25, 0.3) is 6.08 Å². The molecular formula is C19H21NO4. The van der Waals surface area contributed by atoms with Crippen molar-refractivity contribution in [3.63, 3.8) is 0 Å². The lowest BCUT2D eigenvalue weighted by atomic mass is 9.81. The van der Waals surface area contributed by atoms with Crippen LogP contribution in [-0.2, 0) is 19.1 Å². The highest BCUT2D eigenvalue weighted by Gasteiger charge is 2.48. The van der Waals surface area contributed by atoms with Gasteiger partial charge in [-0.05, 0) is 24.5 Å². The minimum Gasteiger partial charge on any atom is -0.460 e. The second-order valence-electron chi connectivity index (χ2n) is 6.26. The van der Waals surface area contributed by atoms with Crippen LogP contribution in [0.15, 0.2) is 36.4 Å². The van der Waals surface area contributed by atoms with E-state index in [4.69, 9.17) is 4.74 Å². The number of esters is 1. The van der Waals surface area contributed by atoms with Crippen molar-refractivity contribution >= 4 is 23.9 Å². The lowest BCUT2D eigenvalue weighted by Crippen LogP contribution is -2.36. The van der Waals surface area contributed by atoms with Crippen molar-refractivity contribution in [2.75, 3.05) is 13.2 Å². The molecule has 0 bridgehead atoms. The van der Waals surface area contributed by atoms with Gasteiger partial charge in [0.2, 0.25) is 11.8 Å². The van der Waals surface area contributed by atoms with Crippen LogP contribution < -0.4 is 0 Å². The van der Waals surface area contributed by atoms with Crippen LogP contribution in [0.2, 0.25) is 0 Å². The van der Waals surface area contributed by atoms with E-state index in [0.717, 1.165) is 36.1 Å². The third-order valence-electron chi connectivity index (χ3n) is 4.67. The van der Waals surface area contributed by atoms with Crippen LogP contribution in [0.4, 0.5) is 0 Å². The van der Waals surface area contributed by atoms with Crippen LogP contribution >= 0.6 is 0 Å². The summed E-state index contributed by atoms with van der Waals surface area (Å²) in [5, 5.41) is 0. The summed E-state index contributed by atoms with van der Waals surface area (Å²) in [6, 6.07) is 9.67. The number of carbonyl (C=O) groups excluding carboxylic acids is 3. The molecule has 5 nitrogen and oxygen atoms in total. The van der Waals surface area contributed by atoms with E-state index in [1.165, 1.54) is 0 Å². The Morgan fingerprint density at radius 3 is 2.33 bits per heavy atom. The highest BCUT2D eigenvalue weighted by Crippen LogP contribution is 2.37. The number of hydrogen-bond acceptors (Lipinski definition) is 4. The molecule has 2 amide bonds. The first-order valence-corrected chi connectivity index (χ1v) is 8.39. The molecule has 1 aromatic rings. The van der Waals surface area contributed by atoms with Gasteiger partial charge in [-0.1, -0.05) is 49.2 Å². The second kappa shape index (κ2) is 7.43. The number of imide groups is 1. The first kappa shape index (κ1) is 16.4. The maximum Gasteiger partial charge on any atom is 0.326 e. The number of nitrogens with zero attached hydrogens (tertiary/aromatic N) is 1. The SMILES string of the molecule is O=C(CN1C(=O)C2CCCCC2C1=O)OC/C=C/c1ccccc1. The predicted octanol–water partition coefficient (Wildman–Crippen LogP) is 2.42. The van der Waals surface area contributed by atoms with Gasteiger partial charge >= 0.3 is 5.97 Å². The number of fused-ring (bicyclic) bond motifs is 1. The monoisotopic (exact) mass is 327 g/mol. The lowest BCUT2D eigenvalue weighted by Gasteiger charge is -2.19. The van der Waals surface area contributed by atoms with Crippen LogP contribution in [0.5, 0.6) is 0 Å². The average molecular weight is 327 g/mol. The van der Waals surface area contributed by atoms with E-state index in [1.807, 2.05) is 36.4 Å². The van der Waals surface area contributed by atoms with Gasteiger partial charge < -0.3 is 4.74 Å². The second-order valence-corrected chi connectivity index (χ2v) is 6.26. The quantitative estimate of drug-likeness (QED) is 0.615. The zero-order valence-electron chi connectivity index (χ0n) is 13.5. The molecule has 2 fully saturated rings. The number of hydrogen-bond donors (Lipinski definition) is 0. The molecule has 0 N–H and O–H groups in total. The van der Waals surface area contributed by atoms with E-state index in [9.17, 15) is 14.4 Å². The minimum atomic E-state index is -0.548. The molecule has 1 aliphatic carbocycles. The van der Waals surface area contributed by atoms with Gasteiger partial charge in [0.1, 0.15) is 13.2 Å². The summed E-state index contributed by atoms with van der Waals surface area (Å²) < 4.78 is 5.10. The van der Waals surface area contributed by atoms with Gasteiger partial charge in [-0.15, -0.1) is 0 Å². The largest absolute Gasteiger partial charge is 0.460 e. The molecule has 5 heteroatoms. The first-order chi connectivity index (χ1) is 11.7. The van der Waals surface area contributed by atoms with Gasteiger partial charge in [0.15, 0.2) is 0 Å². The molecule has 0 aromatic heterocycles. The van der Waals surface area contributed by atoms with Crippen molar-refractivity contribution in [2.24, 2.45) is 11.8 Å². The topological polar surface area (TPSA) is 63.7 Å². The van der Waals surface area contributed by atoms with E-state index in [2.05, 4.69) is 0 Å². The highest BCUT2D eigenvalue weighted by molar-refractivity contribution is 6.07. The molecule has 1 aromatic carbocycles. The van der Waals surface area contributed by atoms with Crippen molar-refractivity contribution in [3.05, 3.63) is 42.0 Å². The normalized spacial score (nSPS) is 23.6. The summed E-state index contributed by atoms with van der Waals surface area (Å²) in [5.74, 6) is -1.41. The highest BCUT2D eigenvalue weighted by atomic mass is 16.5. The predicted molar refractivity (Wildman–Crippen MR) is 88.6 cm³/mol. The van der Waals surface area contributed by atoms with E-state index in [1.54, 1.807) is 6.08 Å². The minimum absolute atomic E-state index is 0.122. The molecule has 1 saturated heterocycles. The Bertz CT molecular complexity index is 629. The summed E-state index contributed by atoms with van der Waals surface area (Å²) in [4.78, 5) is 37.6. The standard InChI is InChI=1S/C19H21NO4/c21-17(24-12-6-9-14-7-2-1-3-8-14)13-20-18(22)15-10-4-5-11-16(15)19(20)23/h1-3,6-9,15-16H,4-5,10-13H2/b9-6+. The molecule has 2 unspecified atom stereocenters. The van der Waals surface area contributed by atoms with Gasteiger partial charge in [-0.25, -0.2) is 0 Å². The average Bonchev–Trinajstić information content (AvgIpc) is 2.85. The number of benzene rings is 1. The van der Waals surface area contributed by atoms with E-state index < -0.39 is 5.97 Å². The van der Waals surface area contributed by atoms with Crippen molar-refractivity contribution < 1.29 is 19.1 Å². The summed E-state index contributed by atoms with van der Waals surface area (Å²) in [7, 11) is 0. The van der Waals surface area contributed by atoms with Crippen molar-refractivity contribution in [1.29, 1.82) is 0 Å². The lowest BCUT2D eigenvalue weighted by molar-refractivity contribution is -0.152. The van der Waals surface area contributed by atoms with Gasteiger partial charge in [-0.2, -0.15) is 0 Å². The molecule has 1 saturated carbocycles. The Labute approximate surface area is 141 Å². The molecule has 1 heterocycles. The number of amides is 2. The van der Waals surface area contributed by atoms with Gasteiger partial charge in [0.05, 0.1) is 11.8 Å². The number of likely N-dealkylation sites (tertiary alicyclic amines) is 1. The first-order valence-electron chi connectivity index (χ1n) is 8.39. The number of ether oxygens (including phenoxy) is 1. The Kier molecular flexibility index (Phi) is 5.08. The molecular weight excluding hydrogens is 306 g/mol. The molecule has 2 atom stereocenters. The molecule has 126 valence electrons. The van der Waals surface area contributed by atoms with Crippen LogP contribution in [0.3, 0.4) is 0 Å². The zero-order chi connectivity index (χ0) is 16.9. The fourth-order valence-electron chi connectivity index (χ4n) is 3.45. The molecule has 0 radical (unpaired) electrons. The van der Waals surface area contributed by atoms with Crippen molar-refractivity contribution in [1.82, 2.24) is 4.90 Å². The Balaban J connectivity index is 1.49. The third kappa shape index (κ3) is 3.55. The third-order valence-corrected chi connectivity index (χ3v) is 4.67. The summed E-state index contributed by atoms with van der Waals surface area (Å²) in [6.45, 7) is -0.152. The molecule has 0 spiro atoms. The number of rotatable bonds is 5. The summed E-state index contributed by atoms with van der Waals surface area (Å²) in [5.41, 5.74) is 1.02. The maximum absolute atomic E-state index is 12.3. The molecule has 2 aliphatic rings. The van der Waals surface area contributed by atoms with Crippen LogP contribution in [0, 0.1) is 11.8 Å². The summed E-state index contributed by atoms with van der Waals surface area (Å²) >= 11 is 0. The van der Waals surface area contributed by atoms with Crippen molar-refractivity contribution in [3.8, 4) is 0 Å².